The van der Waals surface area contributed by atoms with E-state index in [2.05, 4.69) is 0 Å². The number of ketones is 1. The van der Waals surface area contributed by atoms with Crippen molar-refractivity contribution in [3.63, 3.8) is 0 Å². The smallest absolute Gasteiger partial charge is 0.264 e. The third-order valence-electron chi connectivity index (χ3n) is 4.08. The highest BCUT2D eigenvalue weighted by Crippen LogP contribution is 2.28. The molecular formula is C19H18ClNO3. The van der Waals surface area contributed by atoms with E-state index in [0.29, 0.717) is 22.9 Å². The number of nitrogens with zero attached hydrogens (tertiary/aromatic N) is 1. The number of benzene rings is 2. The van der Waals surface area contributed by atoms with Crippen LogP contribution >= 0.6 is 11.6 Å². The van der Waals surface area contributed by atoms with Gasteiger partial charge >= 0.3 is 0 Å². The number of carbonyl (C=O) groups excluding carboxylic acids is 2. The molecule has 0 saturated carbocycles. The molecule has 2 aromatic carbocycles. The van der Waals surface area contributed by atoms with Crippen molar-refractivity contribution in [1.82, 2.24) is 0 Å². The number of rotatable bonds is 4. The van der Waals surface area contributed by atoms with E-state index in [9.17, 15) is 9.59 Å². The second kappa shape index (κ2) is 7.05. The summed E-state index contributed by atoms with van der Waals surface area (Å²) in [5.41, 5.74) is 2.59. The summed E-state index contributed by atoms with van der Waals surface area (Å²) in [5.74, 6) is 0.547. The van der Waals surface area contributed by atoms with Crippen LogP contribution in [0.15, 0.2) is 42.5 Å². The SMILES string of the molecule is CC(=O)c1ccc2c(c1)CCCN2C(=O)COc1ccc(Cl)cc1. The highest BCUT2D eigenvalue weighted by atomic mass is 35.5. The van der Waals surface area contributed by atoms with Crippen LogP contribution in [0.1, 0.15) is 29.3 Å². The summed E-state index contributed by atoms with van der Waals surface area (Å²) in [6, 6.07) is 12.4. The van der Waals surface area contributed by atoms with Crippen molar-refractivity contribution in [2.75, 3.05) is 18.1 Å². The topological polar surface area (TPSA) is 46.6 Å². The van der Waals surface area contributed by atoms with Gasteiger partial charge in [0.25, 0.3) is 5.91 Å². The zero-order chi connectivity index (χ0) is 17.1. The molecule has 4 nitrogen and oxygen atoms in total. The van der Waals surface area contributed by atoms with Crippen LogP contribution in [-0.4, -0.2) is 24.8 Å². The predicted molar refractivity (Wildman–Crippen MR) is 94.1 cm³/mol. The van der Waals surface area contributed by atoms with E-state index in [1.54, 1.807) is 42.2 Å². The van der Waals surface area contributed by atoms with Gasteiger partial charge in [-0.2, -0.15) is 0 Å². The zero-order valence-corrected chi connectivity index (χ0v) is 14.2. The largest absolute Gasteiger partial charge is 0.484 e. The molecule has 0 N–H and O–H groups in total. The van der Waals surface area contributed by atoms with Gasteiger partial charge in [0.05, 0.1) is 0 Å². The van der Waals surface area contributed by atoms with Gasteiger partial charge in [-0.25, -0.2) is 0 Å². The van der Waals surface area contributed by atoms with Gasteiger partial charge in [-0.05, 0) is 67.8 Å². The lowest BCUT2D eigenvalue weighted by atomic mass is 9.98. The van der Waals surface area contributed by atoms with E-state index >= 15 is 0 Å². The lowest BCUT2D eigenvalue weighted by Crippen LogP contribution is -2.38. The molecular weight excluding hydrogens is 326 g/mol. The monoisotopic (exact) mass is 343 g/mol. The van der Waals surface area contributed by atoms with E-state index in [1.165, 1.54) is 0 Å². The van der Waals surface area contributed by atoms with Gasteiger partial charge in [0, 0.05) is 22.8 Å². The van der Waals surface area contributed by atoms with Gasteiger partial charge in [-0.3, -0.25) is 9.59 Å². The first-order valence-electron chi connectivity index (χ1n) is 7.87. The Hall–Kier alpha value is -2.33. The van der Waals surface area contributed by atoms with Crippen molar-refractivity contribution in [1.29, 1.82) is 0 Å². The molecule has 1 aliphatic heterocycles. The minimum atomic E-state index is -0.0959. The molecule has 1 heterocycles. The van der Waals surface area contributed by atoms with Crippen molar-refractivity contribution in [3.8, 4) is 5.75 Å². The fraction of sp³-hybridized carbons (Fsp3) is 0.263. The number of amides is 1. The van der Waals surface area contributed by atoms with Crippen molar-refractivity contribution < 1.29 is 14.3 Å². The van der Waals surface area contributed by atoms with E-state index < -0.39 is 0 Å². The highest BCUT2D eigenvalue weighted by Gasteiger charge is 2.23. The first kappa shape index (κ1) is 16.5. The number of hydrogen-bond donors (Lipinski definition) is 0. The number of anilines is 1. The van der Waals surface area contributed by atoms with Crippen molar-refractivity contribution in [3.05, 3.63) is 58.6 Å². The van der Waals surface area contributed by atoms with Gasteiger partial charge in [-0.15, -0.1) is 0 Å². The van der Waals surface area contributed by atoms with Crippen LogP contribution in [0.3, 0.4) is 0 Å². The number of ether oxygens (including phenoxy) is 1. The normalized spacial score (nSPS) is 13.3. The van der Waals surface area contributed by atoms with E-state index in [0.717, 1.165) is 24.1 Å². The van der Waals surface area contributed by atoms with Crippen LogP contribution in [0.25, 0.3) is 0 Å². The maximum atomic E-state index is 12.5. The number of Topliss-reactive ketones (excluding diaryl/α,β-unsaturated/α-hetero) is 1. The number of fused-ring (bicyclic) bond motifs is 1. The average molecular weight is 344 g/mol. The third-order valence-corrected chi connectivity index (χ3v) is 4.33. The molecule has 24 heavy (non-hydrogen) atoms. The summed E-state index contributed by atoms with van der Waals surface area (Å²) in [5, 5.41) is 0.625. The van der Waals surface area contributed by atoms with Gasteiger partial charge in [0.2, 0.25) is 0 Å². The van der Waals surface area contributed by atoms with Crippen LogP contribution < -0.4 is 9.64 Å². The molecule has 0 unspecified atom stereocenters. The molecule has 0 radical (unpaired) electrons. The Bertz CT molecular complexity index is 771. The van der Waals surface area contributed by atoms with Crippen LogP contribution in [0.5, 0.6) is 5.75 Å². The van der Waals surface area contributed by atoms with Crippen LogP contribution in [0.4, 0.5) is 5.69 Å². The molecule has 1 aliphatic rings. The number of aryl methyl sites for hydroxylation is 1. The number of hydrogen-bond acceptors (Lipinski definition) is 3. The van der Waals surface area contributed by atoms with Gasteiger partial charge in [-0.1, -0.05) is 11.6 Å². The fourth-order valence-electron chi connectivity index (χ4n) is 2.83. The first-order valence-corrected chi connectivity index (χ1v) is 8.25. The third kappa shape index (κ3) is 3.60. The molecule has 124 valence electrons. The van der Waals surface area contributed by atoms with Crippen molar-refractivity contribution >= 4 is 29.0 Å². The van der Waals surface area contributed by atoms with Crippen LogP contribution in [-0.2, 0) is 11.2 Å². The quantitative estimate of drug-likeness (QED) is 0.791. The Morgan fingerprint density at radius 3 is 2.62 bits per heavy atom. The number of halogens is 1. The maximum Gasteiger partial charge on any atom is 0.264 e. The molecule has 0 aliphatic carbocycles. The molecule has 0 spiro atoms. The van der Waals surface area contributed by atoms with Gasteiger partial charge < -0.3 is 9.64 Å². The van der Waals surface area contributed by atoms with E-state index in [4.69, 9.17) is 16.3 Å². The Morgan fingerprint density at radius 1 is 1.17 bits per heavy atom. The summed E-state index contributed by atoms with van der Waals surface area (Å²) >= 11 is 5.83. The fourth-order valence-corrected chi connectivity index (χ4v) is 2.95. The molecule has 0 aromatic heterocycles. The predicted octanol–water partition coefficient (Wildman–Crippen LogP) is 3.90. The molecule has 0 atom stereocenters. The first-order chi connectivity index (χ1) is 11.5. The van der Waals surface area contributed by atoms with E-state index in [-0.39, 0.29) is 18.3 Å². The number of carbonyl (C=O) groups is 2. The van der Waals surface area contributed by atoms with Gasteiger partial charge in [0.15, 0.2) is 12.4 Å². The lowest BCUT2D eigenvalue weighted by Gasteiger charge is -2.29. The van der Waals surface area contributed by atoms with Crippen molar-refractivity contribution in [2.45, 2.75) is 19.8 Å². The Balaban J connectivity index is 1.72. The molecule has 0 saturated heterocycles. The summed E-state index contributed by atoms with van der Waals surface area (Å²) in [6.07, 6.45) is 1.75. The van der Waals surface area contributed by atoms with Gasteiger partial charge in [0.1, 0.15) is 5.75 Å². The summed E-state index contributed by atoms with van der Waals surface area (Å²) in [6.45, 7) is 2.18. The minimum Gasteiger partial charge on any atom is -0.484 e. The zero-order valence-electron chi connectivity index (χ0n) is 13.4. The Kier molecular flexibility index (Phi) is 4.86. The maximum absolute atomic E-state index is 12.5. The van der Waals surface area contributed by atoms with Crippen LogP contribution in [0, 0.1) is 0 Å². The second-order valence-corrected chi connectivity index (χ2v) is 6.23. The molecule has 3 rings (SSSR count). The summed E-state index contributed by atoms with van der Waals surface area (Å²) in [4.78, 5) is 25.8. The molecule has 1 amide bonds. The minimum absolute atomic E-state index is 0.0322. The lowest BCUT2D eigenvalue weighted by molar-refractivity contribution is -0.120. The second-order valence-electron chi connectivity index (χ2n) is 5.79. The van der Waals surface area contributed by atoms with E-state index in [1.807, 2.05) is 12.1 Å². The molecule has 2 aromatic rings. The van der Waals surface area contributed by atoms with Crippen LogP contribution in [0.2, 0.25) is 5.02 Å². The molecule has 0 fully saturated rings. The Labute approximate surface area is 146 Å². The summed E-state index contributed by atoms with van der Waals surface area (Å²) in [7, 11) is 0. The Morgan fingerprint density at radius 2 is 1.92 bits per heavy atom. The average Bonchev–Trinajstić information content (AvgIpc) is 2.60. The standard InChI is InChI=1S/C19H18ClNO3/c1-13(22)14-4-9-18-15(11-14)3-2-10-21(18)19(23)12-24-17-7-5-16(20)6-8-17/h4-9,11H,2-3,10,12H2,1H3. The highest BCUT2D eigenvalue weighted by molar-refractivity contribution is 6.30. The summed E-state index contributed by atoms with van der Waals surface area (Å²) < 4.78 is 5.55. The van der Waals surface area contributed by atoms with Crippen molar-refractivity contribution in [2.24, 2.45) is 0 Å². The molecule has 0 bridgehead atoms. The molecule has 5 heteroatoms.